The summed E-state index contributed by atoms with van der Waals surface area (Å²) in [6, 6.07) is 0. The maximum atomic E-state index is 12.1. The maximum Gasteiger partial charge on any atom is 0.134 e. The molecule has 1 unspecified atom stereocenters. The number of hydrogen-bond donors (Lipinski definition) is 1. The van der Waals surface area contributed by atoms with E-state index < -0.39 is 0 Å². The van der Waals surface area contributed by atoms with Crippen LogP contribution in [0.3, 0.4) is 0 Å². The maximum absolute atomic E-state index is 12.1. The zero-order valence-electron chi connectivity index (χ0n) is 14.8. The Bertz CT molecular complexity index is 601. The molecule has 0 aromatic heterocycles. The molecule has 0 amide bonds. The third-order valence-electron chi connectivity index (χ3n) is 7.98. The molecule has 2 nitrogen and oxygen atoms in total. The smallest absolute Gasteiger partial charge is 0.134 e. The highest BCUT2D eigenvalue weighted by Crippen LogP contribution is 2.64. The Kier molecular flexibility index (Phi) is 3.43. The number of allylic oxidation sites excluding steroid dienone is 3. The summed E-state index contributed by atoms with van der Waals surface area (Å²) < 4.78 is 0. The van der Waals surface area contributed by atoms with Gasteiger partial charge in [0.2, 0.25) is 0 Å². The number of carbonyl (C=O) groups is 1. The number of hydrogen-bond acceptors (Lipinski definition) is 2. The lowest BCUT2D eigenvalue weighted by atomic mass is 9.48. The molecule has 0 aliphatic heterocycles. The fourth-order valence-corrected chi connectivity index (χ4v) is 6.60. The van der Waals surface area contributed by atoms with Crippen molar-refractivity contribution in [3.8, 4) is 0 Å². The van der Waals surface area contributed by atoms with Crippen molar-refractivity contribution < 1.29 is 9.90 Å². The highest BCUT2D eigenvalue weighted by Gasteiger charge is 2.56. The van der Waals surface area contributed by atoms with Crippen molar-refractivity contribution in [3.63, 3.8) is 0 Å². The zero-order valence-corrected chi connectivity index (χ0v) is 14.8. The van der Waals surface area contributed by atoms with Crippen molar-refractivity contribution in [1.29, 1.82) is 0 Å². The normalized spacial score (nSPS) is 48.7. The molecular weight excluding hydrogens is 284 g/mol. The summed E-state index contributed by atoms with van der Waals surface area (Å²) in [5, 5.41) is 10.1. The number of fused-ring (bicyclic) bond motifs is 5. The van der Waals surface area contributed by atoms with E-state index in [4.69, 9.17) is 0 Å². The minimum atomic E-state index is -0.132. The van der Waals surface area contributed by atoms with Gasteiger partial charge in [0.25, 0.3) is 0 Å². The molecule has 6 atom stereocenters. The molecule has 0 aromatic carbocycles. The molecule has 0 saturated heterocycles. The van der Waals surface area contributed by atoms with Gasteiger partial charge in [0.05, 0.1) is 6.10 Å². The van der Waals surface area contributed by atoms with E-state index in [0.29, 0.717) is 17.6 Å². The lowest BCUT2D eigenvalue weighted by Crippen LogP contribution is -2.48. The van der Waals surface area contributed by atoms with E-state index in [-0.39, 0.29) is 22.9 Å². The number of aliphatic hydroxyl groups is 1. The zero-order chi connectivity index (χ0) is 16.4. The molecule has 23 heavy (non-hydrogen) atoms. The average molecular weight is 314 g/mol. The van der Waals surface area contributed by atoms with E-state index in [1.165, 1.54) is 12.0 Å². The van der Waals surface area contributed by atoms with Gasteiger partial charge in [-0.1, -0.05) is 37.1 Å². The molecule has 4 aliphatic carbocycles. The SMILES string of the molecule is CC(=O)[C@H]1CC=C2[C@@H]3CC=C4CC(O)CC[C@]4(C)[C@H]3CC[C@@]21C. The first-order chi connectivity index (χ1) is 10.9. The summed E-state index contributed by atoms with van der Waals surface area (Å²) in [7, 11) is 0. The summed E-state index contributed by atoms with van der Waals surface area (Å²) in [4.78, 5) is 12.1. The van der Waals surface area contributed by atoms with Crippen molar-refractivity contribution >= 4 is 5.78 Å². The lowest BCUT2D eigenvalue weighted by molar-refractivity contribution is -0.124. The first kappa shape index (κ1) is 15.6. The summed E-state index contributed by atoms with van der Waals surface area (Å²) in [5.41, 5.74) is 3.50. The first-order valence-corrected chi connectivity index (χ1v) is 9.45. The van der Waals surface area contributed by atoms with Crippen LogP contribution in [0.1, 0.15) is 65.7 Å². The third-order valence-corrected chi connectivity index (χ3v) is 7.98. The summed E-state index contributed by atoms with van der Waals surface area (Å²) >= 11 is 0. The van der Waals surface area contributed by atoms with E-state index in [9.17, 15) is 9.90 Å². The fraction of sp³-hybridized carbons (Fsp3) is 0.762. The largest absolute Gasteiger partial charge is 0.393 e. The third kappa shape index (κ3) is 2.06. The Balaban J connectivity index is 1.69. The first-order valence-electron chi connectivity index (χ1n) is 9.45. The van der Waals surface area contributed by atoms with Crippen LogP contribution in [0.5, 0.6) is 0 Å². The van der Waals surface area contributed by atoms with Crippen LogP contribution in [0.4, 0.5) is 0 Å². The average Bonchev–Trinajstić information content (AvgIpc) is 2.85. The number of ketones is 1. The number of carbonyl (C=O) groups excluding carboxylic acids is 1. The van der Waals surface area contributed by atoms with Gasteiger partial charge in [-0.15, -0.1) is 0 Å². The van der Waals surface area contributed by atoms with Gasteiger partial charge in [0.1, 0.15) is 5.78 Å². The van der Waals surface area contributed by atoms with Crippen LogP contribution in [-0.4, -0.2) is 17.0 Å². The van der Waals surface area contributed by atoms with E-state index in [0.717, 1.165) is 38.5 Å². The molecule has 4 aliphatic rings. The predicted octanol–water partition coefficient (Wildman–Crippen LogP) is 4.44. The van der Waals surface area contributed by atoms with Crippen LogP contribution in [0, 0.1) is 28.6 Å². The molecule has 2 heteroatoms. The Morgan fingerprint density at radius 2 is 1.87 bits per heavy atom. The second kappa shape index (κ2) is 5.05. The lowest BCUT2D eigenvalue weighted by Gasteiger charge is -2.56. The van der Waals surface area contributed by atoms with Crippen LogP contribution in [-0.2, 0) is 4.79 Å². The van der Waals surface area contributed by atoms with Crippen LogP contribution >= 0.6 is 0 Å². The molecule has 4 rings (SSSR count). The van der Waals surface area contributed by atoms with Gasteiger partial charge in [0.15, 0.2) is 0 Å². The van der Waals surface area contributed by atoms with Crippen LogP contribution in [0.15, 0.2) is 23.3 Å². The van der Waals surface area contributed by atoms with Gasteiger partial charge >= 0.3 is 0 Å². The standard InChI is InChI=1S/C21H30O2/c1-13(22)17-6-7-18-16-5-4-14-12-15(23)8-10-20(14,2)19(16)9-11-21(17,18)3/h4,7,15-17,19,23H,5-6,8-12H2,1-3H3/t15?,16-,17+,19-,20-,21+/m0/s1. The van der Waals surface area contributed by atoms with Gasteiger partial charge in [0, 0.05) is 5.92 Å². The van der Waals surface area contributed by atoms with Crippen molar-refractivity contribution in [3.05, 3.63) is 23.3 Å². The molecule has 0 bridgehead atoms. The monoisotopic (exact) mass is 314 g/mol. The second-order valence-corrected chi connectivity index (χ2v) is 9.01. The van der Waals surface area contributed by atoms with Crippen molar-refractivity contribution in [2.45, 2.75) is 71.8 Å². The Labute approximate surface area is 140 Å². The van der Waals surface area contributed by atoms with Crippen LogP contribution in [0.2, 0.25) is 0 Å². The predicted molar refractivity (Wildman–Crippen MR) is 91.9 cm³/mol. The molecular formula is C21H30O2. The van der Waals surface area contributed by atoms with Gasteiger partial charge in [-0.25, -0.2) is 0 Å². The Hall–Kier alpha value is -0.890. The topological polar surface area (TPSA) is 37.3 Å². The molecule has 0 spiro atoms. The number of Topliss-reactive ketones (excluding diaryl/α,β-unsaturated/α-hetero) is 1. The van der Waals surface area contributed by atoms with E-state index in [2.05, 4.69) is 26.0 Å². The summed E-state index contributed by atoms with van der Waals surface area (Å²) in [6.07, 6.45) is 12.2. The molecule has 0 heterocycles. The van der Waals surface area contributed by atoms with Gasteiger partial charge in [-0.3, -0.25) is 4.79 Å². The van der Waals surface area contributed by atoms with Gasteiger partial charge in [-0.2, -0.15) is 0 Å². The van der Waals surface area contributed by atoms with Gasteiger partial charge < -0.3 is 5.11 Å². The number of rotatable bonds is 1. The molecule has 0 aromatic rings. The Morgan fingerprint density at radius 1 is 1.13 bits per heavy atom. The van der Waals surface area contributed by atoms with Crippen molar-refractivity contribution in [2.75, 3.05) is 0 Å². The fourth-order valence-electron chi connectivity index (χ4n) is 6.60. The van der Waals surface area contributed by atoms with Crippen molar-refractivity contribution in [1.82, 2.24) is 0 Å². The second-order valence-electron chi connectivity index (χ2n) is 9.01. The molecule has 2 fully saturated rings. The van der Waals surface area contributed by atoms with E-state index in [1.807, 2.05) is 0 Å². The van der Waals surface area contributed by atoms with Crippen LogP contribution < -0.4 is 0 Å². The molecule has 1 N–H and O–H groups in total. The van der Waals surface area contributed by atoms with E-state index in [1.54, 1.807) is 12.5 Å². The highest BCUT2D eigenvalue weighted by molar-refractivity contribution is 5.80. The van der Waals surface area contributed by atoms with E-state index >= 15 is 0 Å². The van der Waals surface area contributed by atoms with Crippen molar-refractivity contribution in [2.24, 2.45) is 28.6 Å². The minimum Gasteiger partial charge on any atom is -0.393 e. The Morgan fingerprint density at radius 3 is 2.61 bits per heavy atom. The quantitative estimate of drug-likeness (QED) is 0.727. The van der Waals surface area contributed by atoms with Gasteiger partial charge in [-0.05, 0) is 74.5 Å². The summed E-state index contributed by atoms with van der Waals surface area (Å²) in [6.45, 7) is 6.57. The molecule has 126 valence electrons. The minimum absolute atomic E-state index is 0.114. The molecule has 0 radical (unpaired) electrons. The van der Waals surface area contributed by atoms with Crippen LogP contribution in [0.25, 0.3) is 0 Å². The number of aliphatic hydroxyl groups excluding tert-OH is 1. The summed E-state index contributed by atoms with van der Waals surface area (Å²) in [5.74, 6) is 1.92. The highest BCUT2D eigenvalue weighted by atomic mass is 16.3. The molecule has 2 saturated carbocycles.